The Hall–Kier alpha value is -6.27. The molecular formula is C50H56N8O3S. The van der Waals surface area contributed by atoms with Crippen molar-refractivity contribution in [3.05, 3.63) is 156 Å². The third-order valence-corrected chi connectivity index (χ3v) is 13.0. The molecule has 0 saturated carbocycles. The van der Waals surface area contributed by atoms with Crippen LogP contribution in [-0.4, -0.2) is 54.1 Å². The van der Waals surface area contributed by atoms with Crippen LogP contribution in [0.1, 0.15) is 90.0 Å². The molecule has 5 aromatic carbocycles. The first-order valence-corrected chi connectivity index (χ1v) is 22.3. The van der Waals surface area contributed by atoms with Gasteiger partial charge >= 0.3 is 0 Å². The summed E-state index contributed by atoms with van der Waals surface area (Å²) in [5.41, 5.74) is 5.87. The molecule has 12 heteroatoms. The molecule has 62 heavy (non-hydrogen) atoms. The van der Waals surface area contributed by atoms with Gasteiger partial charge in [0.15, 0.2) is 11.4 Å². The van der Waals surface area contributed by atoms with Crippen LogP contribution >= 0.6 is 11.8 Å². The third-order valence-electron chi connectivity index (χ3n) is 11.9. The lowest BCUT2D eigenvalue weighted by Crippen LogP contribution is -2.39. The second kappa shape index (κ2) is 19.2. The molecule has 2 amide bonds. The van der Waals surface area contributed by atoms with Gasteiger partial charge in [0.1, 0.15) is 11.6 Å². The Morgan fingerprint density at radius 3 is 2.00 bits per heavy atom. The number of tetrazole rings is 1. The van der Waals surface area contributed by atoms with Crippen molar-refractivity contribution < 1.29 is 14.3 Å². The summed E-state index contributed by atoms with van der Waals surface area (Å²) >= 11 is 1.24. The van der Waals surface area contributed by atoms with E-state index in [1.165, 1.54) is 22.3 Å². The van der Waals surface area contributed by atoms with Crippen molar-refractivity contribution in [1.82, 2.24) is 25.1 Å². The maximum atomic E-state index is 15.0. The topological polar surface area (TPSA) is 118 Å². The van der Waals surface area contributed by atoms with Gasteiger partial charge in [0.2, 0.25) is 5.16 Å². The molecule has 2 atom stereocenters. The number of nitrogens with zero attached hydrogens (tertiary/aromatic N) is 7. The number of benzene rings is 5. The number of rotatable bonds is 17. The Kier molecular flexibility index (Phi) is 13.6. The summed E-state index contributed by atoms with van der Waals surface area (Å²) in [5.74, 6) is 0.607. The molecule has 0 spiro atoms. The van der Waals surface area contributed by atoms with Crippen molar-refractivity contribution in [2.45, 2.75) is 108 Å². The highest BCUT2D eigenvalue weighted by Gasteiger charge is 2.43. The first-order valence-electron chi connectivity index (χ1n) is 21.4. The average molecular weight is 849 g/mol. The number of nitrogens with one attached hydrogen (secondary N) is 1. The summed E-state index contributed by atoms with van der Waals surface area (Å²) in [4.78, 5) is 31.4. The first kappa shape index (κ1) is 43.8. The van der Waals surface area contributed by atoms with Crippen LogP contribution in [0.4, 0.5) is 11.4 Å². The fourth-order valence-electron chi connectivity index (χ4n) is 7.27. The Balaban J connectivity index is 1.24. The lowest BCUT2D eigenvalue weighted by atomic mass is 9.76. The number of aromatic nitrogens is 4. The van der Waals surface area contributed by atoms with Crippen molar-refractivity contribution >= 4 is 40.8 Å². The largest absolute Gasteiger partial charge is 0.480 e. The van der Waals surface area contributed by atoms with E-state index >= 15 is 0 Å². The number of hydrogen-bond donors (Lipinski definition) is 1. The minimum Gasteiger partial charge on any atom is -0.480 e. The molecule has 320 valence electrons. The highest BCUT2D eigenvalue weighted by molar-refractivity contribution is 8.01. The second-order valence-electron chi connectivity index (χ2n) is 16.8. The maximum Gasteiger partial charge on any atom is 0.268 e. The number of hydrazone groups is 1. The predicted octanol–water partition coefficient (Wildman–Crippen LogP) is 10.4. The molecule has 2 heterocycles. The van der Waals surface area contributed by atoms with E-state index in [-0.39, 0.29) is 22.6 Å². The molecule has 0 bridgehead atoms. The molecule has 0 fully saturated rings. The van der Waals surface area contributed by atoms with Crippen LogP contribution in [-0.2, 0) is 33.5 Å². The monoisotopic (exact) mass is 848 g/mol. The molecule has 0 aliphatic carbocycles. The van der Waals surface area contributed by atoms with Gasteiger partial charge in [0.05, 0.1) is 17.1 Å². The van der Waals surface area contributed by atoms with Crippen molar-refractivity contribution in [3.63, 3.8) is 0 Å². The summed E-state index contributed by atoms with van der Waals surface area (Å²) in [5, 5.41) is 21.9. The first-order chi connectivity index (χ1) is 29.9. The van der Waals surface area contributed by atoms with Gasteiger partial charge in [-0.25, -0.2) is 0 Å². The molecule has 0 radical (unpaired) electrons. The van der Waals surface area contributed by atoms with E-state index in [0.29, 0.717) is 47.6 Å². The van der Waals surface area contributed by atoms with Crippen LogP contribution in [0.25, 0.3) is 5.69 Å². The number of amidine groups is 1. The van der Waals surface area contributed by atoms with Gasteiger partial charge in [-0.05, 0) is 87.5 Å². The summed E-state index contributed by atoms with van der Waals surface area (Å²) in [7, 11) is 0. The smallest absolute Gasteiger partial charge is 0.268 e. The number of thioether (sulfide) groups is 1. The predicted molar refractivity (Wildman–Crippen MR) is 249 cm³/mol. The molecule has 1 aromatic heterocycles. The van der Waals surface area contributed by atoms with Gasteiger partial charge in [-0.1, -0.05) is 163 Å². The van der Waals surface area contributed by atoms with Gasteiger partial charge in [0, 0.05) is 18.7 Å². The van der Waals surface area contributed by atoms with Gasteiger partial charge in [-0.15, -0.1) is 10.2 Å². The lowest BCUT2D eigenvalue weighted by Gasteiger charge is -2.31. The molecule has 11 nitrogen and oxygen atoms in total. The third kappa shape index (κ3) is 9.76. The number of carbonyl (C=O) groups is 2. The Bertz CT molecular complexity index is 2450. The van der Waals surface area contributed by atoms with Crippen molar-refractivity contribution in [3.8, 4) is 11.4 Å². The van der Waals surface area contributed by atoms with E-state index in [1.54, 1.807) is 16.8 Å². The normalized spacial score (nSPS) is 14.7. The fourth-order valence-corrected chi connectivity index (χ4v) is 8.31. The van der Waals surface area contributed by atoms with Crippen molar-refractivity contribution in [2.75, 3.05) is 10.3 Å². The molecular weight excluding hydrogens is 793 g/mol. The minimum atomic E-state index is -0.840. The van der Waals surface area contributed by atoms with Crippen LogP contribution < -0.4 is 15.1 Å². The van der Waals surface area contributed by atoms with Gasteiger partial charge < -0.3 is 15.0 Å². The summed E-state index contributed by atoms with van der Waals surface area (Å²) in [6.07, 6.45) is 1.51. The van der Waals surface area contributed by atoms with E-state index in [0.717, 1.165) is 35.2 Å². The zero-order valence-corrected chi connectivity index (χ0v) is 37.5. The number of carbonyl (C=O) groups excluding carboxylic acids is 2. The number of anilines is 2. The number of amides is 2. The minimum absolute atomic E-state index is 0.00810. The molecule has 0 saturated heterocycles. The molecule has 1 N–H and O–H groups in total. The number of ether oxygens (including phenoxy) is 1. The van der Waals surface area contributed by atoms with Crippen molar-refractivity contribution in [2.24, 2.45) is 5.10 Å². The second-order valence-corrected chi connectivity index (χ2v) is 17.9. The van der Waals surface area contributed by atoms with Gasteiger partial charge in [0.25, 0.3) is 11.8 Å². The van der Waals surface area contributed by atoms with E-state index in [1.807, 2.05) is 91.9 Å². The highest BCUT2D eigenvalue weighted by atomic mass is 32.2. The van der Waals surface area contributed by atoms with Crippen LogP contribution in [0, 0.1) is 0 Å². The number of para-hydroxylation sites is 3. The van der Waals surface area contributed by atoms with E-state index in [2.05, 4.69) is 104 Å². The maximum absolute atomic E-state index is 15.0. The van der Waals surface area contributed by atoms with E-state index < -0.39 is 11.4 Å². The van der Waals surface area contributed by atoms with E-state index in [9.17, 15) is 9.59 Å². The quantitative estimate of drug-likeness (QED) is 0.0964. The highest BCUT2D eigenvalue weighted by Crippen LogP contribution is 2.40. The van der Waals surface area contributed by atoms with Crippen LogP contribution in [0.3, 0.4) is 0 Å². The SMILES string of the molecule is CCC(Oc1ccc(C(C)(C)CC)cc1C(C)(C)CC)C(=O)Nc1ccccc1N1N=C(N(Cc2ccccc2)Cc2ccccc2)C(Sc2nnnn2-c2ccccc2)C1=O. The Morgan fingerprint density at radius 2 is 1.39 bits per heavy atom. The van der Waals surface area contributed by atoms with Crippen LogP contribution in [0.5, 0.6) is 5.75 Å². The standard InChI is InChI=1S/C50H56N8O3S/c1-8-42(61-43-31-30-37(49(4,5)9-2)32-39(43)50(6,7)10-3)46(59)51-40-28-20-21-29-41(40)58-47(60)44(62-48-52-54-55-57(48)38-26-18-13-19-27-38)45(53-58)56(33-35-22-14-11-15-23-35)34-36-24-16-12-17-25-36/h11-32,42,44H,8-10,33-34H2,1-7H3,(H,51,59). The summed E-state index contributed by atoms with van der Waals surface area (Å²) in [6.45, 7) is 16.2. The molecule has 6 aromatic rings. The van der Waals surface area contributed by atoms with Crippen LogP contribution in [0.2, 0.25) is 0 Å². The zero-order valence-electron chi connectivity index (χ0n) is 36.7. The molecule has 7 rings (SSSR count). The number of hydrogen-bond acceptors (Lipinski definition) is 9. The average Bonchev–Trinajstić information content (AvgIpc) is 3.90. The summed E-state index contributed by atoms with van der Waals surface area (Å²) < 4.78 is 8.26. The fraction of sp³-hybridized carbons (Fsp3) is 0.320. The molecule has 1 aliphatic rings. The summed E-state index contributed by atoms with van der Waals surface area (Å²) in [6, 6.07) is 43.5. The zero-order chi connectivity index (χ0) is 43.9. The van der Waals surface area contributed by atoms with E-state index in [4.69, 9.17) is 9.84 Å². The van der Waals surface area contributed by atoms with Crippen LogP contribution in [0.15, 0.2) is 144 Å². The molecule has 2 unspecified atom stereocenters. The van der Waals surface area contributed by atoms with Crippen molar-refractivity contribution in [1.29, 1.82) is 0 Å². The Morgan fingerprint density at radius 1 is 0.790 bits per heavy atom. The van der Waals surface area contributed by atoms with Gasteiger partial charge in [-0.3, -0.25) is 9.59 Å². The van der Waals surface area contributed by atoms with Gasteiger partial charge in [-0.2, -0.15) is 9.69 Å². The molecule has 1 aliphatic heterocycles. The Labute approximate surface area is 369 Å². The lowest BCUT2D eigenvalue weighted by molar-refractivity contribution is -0.123.